The van der Waals surface area contributed by atoms with Gasteiger partial charge in [0.05, 0.1) is 18.2 Å². The van der Waals surface area contributed by atoms with Gasteiger partial charge in [-0.15, -0.1) is 11.3 Å². The van der Waals surface area contributed by atoms with Crippen molar-refractivity contribution in [2.75, 3.05) is 6.54 Å². The number of rotatable bonds is 3. The number of benzene rings is 1. The highest BCUT2D eigenvalue weighted by molar-refractivity contribution is 7.12. The number of nitriles is 1. The van der Waals surface area contributed by atoms with Crippen molar-refractivity contribution in [3.8, 4) is 17.9 Å². The van der Waals surface area contributed by atoms with Crippen LogP contribution in [0.25, 0.3) is 0 Å². The fourth-order valence-corrected chi connectivity index (χ4v) is 2.45. The first-order valence-corrected chi connectivity index (χ1v) is 7.16. The number of nitrogens with one attached hydrogen (secondary N) is 1. The molecule has 4 nitrogen and oxygen atoms in total. The largest absolute Gasteiger partial charge is 0.347 e. The van der Waals surface area contributed by atoms with E-state index in [1.807, 2.05) is 23.6 Å². The van der Waals surface area contributed by atoms with Crippen molar-refractivity contribution in [1.29, 1.82) is 5.26 Å². The van der Waals surface area contributed by atoms with Gasteiger partial charge in [0.25, 0.3) is 5.91 Å². The Balaban J connectivity index is 2.01. The molecule has 0 saturated heterocycles. The summed E-state index contributed by atoms with van der Waals surface area (Å²) in [7, 11) is 0. The number of hydrogen-bond acceptors (Lipinski definition) is 4. The van der Waals surface area contributed by atoms with Gasteiger partial charge < -0.3 is 11.1 Å². The second kappa shape index (κ2) is 7.25. The van der Waals surface area contributed by atoms with Crippen LogP contribution in [0.5, 0.6) is 0 Å². The van der Waals surface area contributed by atoms with E-state index in [-0.39, 0.29) is 12.5 Å². The molecule has 1 heterocycles. The van der Waals surface area contributed by atoms with Gasteiger partial charge >= 0.3 is 0 Å². The van der Waals surface area contributed by atoms with Gasteiger partial charge in [-0.05, 0) is 29.1 Å². The number of carbonyl (C=O) groups excluding carboxylic acids is 1. The molecule has 1 amide bonds. The summed E-state index contributed by atoms with van der Waals surface area (Å²) >= 11 is 1.35. The predicted octanol–water partition coefficient (Wildman–Crippen LogP) is 1.86. The number of amides is 1. The molecular weight excluding hydrogens is 282 g/mol. The van der Waals surface area contributed by atoms with Crippen LogP contribution in [0, 0.1) is 23.2 Å². The second-order valence-corrected chi connectivity index (χ2v) is 5.08. The van der Waals surface area contributed by atoms with Crippen LogP contribution in [0.15, 0.2) is 35.7 Å². The molecule has 104 valence electrons. The fraction of sp³-hybridized carbons (Fsp3) is 0.125. The van der Waals surface area contributed by atoms with Crippen molar-refractivity contribution in [2.45, 2.75) is 6.54 Å². The third-order valence-corrected chi connectivity index (χ3v) is 3.65. The number of thiophene rings is 1. The van der Waals surface area contributed by atoms with Gasteiger partial charge in [0.1, 0.15) is 4.88 Å². The van der Waals surface area contributed by atoms with E-state index in [9.17, 15) is 4.79 Å². The maximum atomic E-state index is 12.1. The van der Waals surface area contributed by atoms with Crippen LogP contribution in [0.3, 0.4) is 0 Å². The lowest BCUT2D eigenvalue weighted by atomic mass is 10.1. The van der Waals surface area contributed by atoms with Crippen molar-refractivity contribution in [2.24, 2.45) is 5.73 Å². The van der Waals surface area contributed by atoms with Crippen molar-refractivity contribution in [3.63, 3.8) is 0 Å². The molecule has 0 unspecified atom stereocenters. The van der Waals surface area contributed by atoms with Gasteiger partial charge in [0, 0.05) is 12.1 Å². The topological polar surface area (TPSA) is 78.9 Å². The molecule has 2 rings (SSSR count). The Kier molecular flexibility index (Phi) is 5.11. The van der Waals surface area contributed by atoms with Gasteiger partial charge in [-0.25, -0.2) is 0 Å². The van der Waals surface area contributed by atoms with Gasteiger partial charge in [-0.2, -0.15) is 5.26 Å². The van der Waals surface area contributed by atoms with E-state index >= 15 is 0 Å². The minimum atomic E-state index is -0.157. The highest BCUT2D eigenvalue weighted by Gasteiger charge is 2.11. The Morgan fingerprint density at radius 2 is 2.05 bits per heavy atom. The van der Waals surface area contributed by atoms with Crippen LogP contribution in [0.2, 0.25) is 0 Å². The van der Waals surface area contributed by atoms with Gasteiger partial charge in [-0.1, -0.05) is 24.0 Å². The molecule has 0 spiro atoms. The standard InChI is InChI=1S/C16H13N3OS/c17-8-1-2-14-7-9-21-15(14)16(20)19-11-13-5-3-12(10-18)4-6-13/h3-7,9H,8,11,17H2,(H,19,20). The van der Waals surface area contributed by atoms with Crippen LogP contribution in [0.4, 0.5) is 0 Å². The quantitative estimate of drug-likeness (QED) is 0.848. The Morgan fingerprint density at radius 3 is 2.71 bits per heavy atom. The molecule has 0 radical (unpaired) electrons. The molecule has 0 atom stereocenters. The van der Waals surface area contributed by atoms with Crippen molar-refractivity contribution in [3.05, 3.63) is 57.3 Å². The highest BCUT2D eigenvalue weighted by atomic mass is 32.1. The van der Waals surface area contributed by atoms with E-state index in [2.05, 4.69) is 23.2 Å². The van der Waals surface area contributed by atoms with E-state index < -0.39 is 0 Å². The lowest BCUT2D eigenvalue weighted by Gasteiger charge is -2.04. The molecule has 0 fully saturated rings. The average Bonchev–Trinajstić information content (AvgIpc) is 2.99. The maximum absolute atomic E-state index is 12.1. The summed E-state index contributed by atoms with van der Waals surface area (Å²) in [6.07, 6.45) is 0. The molecule has 0 saturated carbocycles. The monoisotopic (exact) mass is 295 g/mol. The van der Waals surface area contributed by atoms with Crippen molar-refractivity contribution in [1.82, 2.24) is 5.32 Å². The van der Waals surface area contributed by atoms with Crippen LogP contribution in [-0.4, -0.2) is 12.5 Å². The number of carbonyl (C=O) groups is 1. The SMILES string of the molecule is N#Cc1ccc(CNC(=O)c2sccc2C#CCN)cc1. The van der Waals surface area contributed by atoms with Crippen molar-refractivity contribution < 1.29 is 4.79 Å². The Bertz CT molecular complexity index is 729. The lowest BCUT2D eigenvalue weighted by molar-refractivity contribution is 0.0955. The summed E-state index contributed by atoms with van der Waals surface area (Å²) in [6, 6.07) is 11.0. The molecule has 0 bridgehead atoms. The zero-order valence-electron chi connectivity index (χ0n) is 11.2. The van der Waals surface area contributed by atoms with Crippen LogP contribution in [0.1, 0.15) is 26.4 Å². The van der Waals surface area contributed by atoms with Gasteiger partial charge in [0.15, 0.2) is 0 Å². The van der Waals surface area contributed by atoms with E-state index in [1.165, 1.54) is 11.3 Å². The smallest absolute Gasteiger partial charge is 0.262 e. The summed E-state index contributed by atoms with van der Waals surface area (Å²) in [5, 5.41) is 13.4. The Morgan fingerprint density at radius 1 is 1.29 bits per heavy atom. The average molecular weight is 295 g/mol. The van der Waals surface area contributed by atoms with E-state index in [0.29, 0.717) is 22.5 Å². The first kappa shape index (κ1) is 14.8. The maximum Gasteiger partial charge on any atom is 0.262 e. The minimum absolute atomic E-state index is 0.157. The van der Waals surface area contributed by atoms with Gasteiger partial charge in [-0.3, -0.25) is 4.79 Å². The predicted molar refractivity (Wildman–Crippen MR) is 82.6 cm³/mol. The zero-order valence-corrected chi connectivity index (χ0v) is 12.0. The summed E-state index contributed by atoms with van der Waals surface area (Å²) in [5.41, 5.74) is 7.57. The molecule has 0 aliphatic heterocycles. The van der Waals surface area contributed by atoms with Crippen LogP contribution in [-0.2, 0) is 6.54 Å². The molecule has 21 heavy (non-hydrogen) atoms. The zero-order chi connectivity index (χ0) is 15.1. The van der Waals surface area contributed by atoms with E-state index in [0.717, 1.165) is 5.56 Å². The molecule has 1 aromatic carbocycles. The Hall–Kier alpha value is -2.60. The van der Waals surface area contributed by atoms with Gasteiger partial charge in [0.2, 0.25) is 0 Å². The van der Waals surface area contributed by atoms with E-state index in [1.54, 1.807) is 12.1 Å². The number of nitrogens with zero attached hydrogens (tertiary/aromatic N) is 1. The molecule has 1 aromatic heterocycles. The Labute approximate surface area is 127 Å². The number of hydrogen-bond donors (Lipinski definition) is 2. The minimum Gasteiger partial charge on any atom is -0.347 e. The van der Waals surface area contributed by atoms with Crippen LogP contribution >= 0.6 is 11.3 Å². The van der Waals surface area contributed by atoms with Crippen molar-refractivity contribution >= 4 is 17.2 Å². The normalized spacial score (nSPS) is 9.33. The third-order valence-electron chi connectivity index (χ3n) is 2.73. The van der Waals surface area contributed by atoms with E-state index in [4.69, 9.17) is 11.0 Å². The third kappa shape index (κ3) is 3.93. The first-order chi connectivity index (χ1) is 10.2. The molecule has 0 aliphatic rings. The summed E-state index contributed by atoms with van der Waals surface area (Å²) in [6.45, 7) is 0.675. The first-order valence-electron chi connectivity index (χ1n) is 6.28. The molecule has 3 N–H and O–H groups in total. The highest BCUT2D eigenvalue weighted by Crippen LogP contribution is 2.15. The summed E-state index contributed by atoms with van der Waals surface area (Å²) in [4.78, 5) is 12.7. The van der Waals surface area contributed by atoms with Crippen LogP contribution < -0.4 is 11.1 Å². The summed E-state index contributed by atoms with van der Waals surface area (Å²) < 4.78 is 0. The number of nitrogens with two attached hydrogens (primary N) is 1. The molecule has 2 aromatic rings. The molecule has 5 heteroatoms. The second-order valence-electron chi connectivity index (χ2n) is 4.16. The lowest BCUT2D eigenvalue weighted by Crippen LogP contribution is -2.22. The fourth-order valence-electron chi connectivity index (χ4n) is 1.69. The summed E-state index contributed by atoms with van der Waals surface area (Å²) in [5.74, 6) is 5.48. The molecule has 0 aliphatic carbocycles. The molecular formula is C16H13N3OS.